The van der Waals surface area contributed by atoms with E-state index >= 15 is 0 Å². The van der Waals surface area contributed by atoms with Gasteiger partial charge in [0.05, 0.1) is 5.02 Å². The fourth-order valence-corrected chi connectivity index (χ4v) is 1.34. The Hall–Kier alpha value is -0.477. The van der Waals surface area contributed by atoms with Crippen LogP contribution >= 0.6 is 11.6 Å². The van der Waals surface area contributed by atoms with Gasteiger partial charge in [-0.25, -0.2) is 0 Å². The van der Waals surface area contributed by atoms with Crippen molar-refractivity contribution in [1.29, 1.82) is 0 Å². The van der Waals surface area contributed by atoms with E-state index < -0.39 is 0 Å². The molecule has 2 rings (SSSR count). The average Bonchev–Trinajstić information content (AvgIpc) is 2.12. The topological polar surface area (TPSA) is 96.1 Å². The SMILES string of the molecule is O.O.Oc1ccc(Cl)c2cccnc12.[Bi]. The minimum Gasteiger partial charge on any atom is -0.506 e. The van der Waals surface area contributed by atoms with E-state index in [4.69, 9.17) is 11.6 Å². The van der Waals surface area contributed by atoms with Gasteiger partial charge in [0.25, 0.3) is 0 Å². The molecule has 6 heteroatoms. The molecule has 0 bridgehead atoms. The van der Waals surface area contributed by atoms with Gasteiger partial charge in [-0.1, -0.05) is 11.6 Å². The normalized spacial score (nSPS) is 8.33. The maximum absolute atomic E-state index is 9.37. The Bertz CT molecular complexity index is 398. The molecule has 0 unspecified atom stereocenters. The first kappa shape index (κ1) is 16.9. The summed E-state index contributed by atoms with van der Waals surface area (Å²) in [6.07, 6.45) is 1.62. The zero-order valence-corrected chi connectivity index (χ0v) is 11.8. The molecular weight excluding hydrogens is 415 g/mol. The van der Waals surface area contributed by atoms with Gasteiger partial charge in [-0.15, -0.1) is 0 Å². The van der Waals surface area contributed by atoms with Crippen LogP contribution in [0.2, 0.25) is 5.02 Å². The van der Waals surface area contributed by atoms with Crippen molar-refractivity contribution in [2.75, 3.05) is 0 Å². The van der Waals surface area contributed by atoms with E-state index in [-0.39, 0.29) is 42.9 Å². The molecule has 0 aliphatic heterocycles. The van der Waals surface area contributed by atoms with Gasteiger partial charge in [-0.2, -0.15) is 0 Å². The van der Waals surface area contributed by atoms with Crippen molar-refractivity contribution in [3.05, 3.63) is 35.5 Å². The maximum atomic E-state index is 9.37. The Morgan fingerprint density at radius 1 is 1.13 bits per heavy atom. The quantitative estimate of drug-likeness (QED) is 0.626. The third-order valence-corrected chi connectivity index (χ3v) is 2.02. The van der Waals surface area contributed by atoms with Crippen molar-refractivity contribution in [1.82, 2.24) is 4.98 Å². The first-order valence-corrected chi connectivity index (χ1v) is 3.89. The predicted molar refractivity (Wildman–Crippen MR) is 61.4 cm³/mol. The Morgan fingerprint density at radius 3 is 2.40 bits per heavy atom. The molecule has 1 heterocycles. The summed E-state index contributed by atoms with van der Waals surface area (Å²) >= 11 is 5.88. The number of rotatable bonds is 0. The molecule has 1 aromatic carbocycles. The van der Waals surface area contributed by atoms with Gasteiger partial charge in [0.15, 0.2) is 0 Å². The zero-order valence-electron chi connectivity index (χ0n) is 7.61. The van der Waals surface area contributed by atoms with Crippen molar-refractivity contribution in [2.24, 2.45) is 0 Å². The molecule has 1 aromatic heterocycles. The predicted octanol–water partition coefficient (Wildman–Crippen LogP) is 0.564. The Labute approximate surface area is 111 Å². The third-order valence-electron chi connectivity index (χ3n) is 1.70. The minimum absolute atomic E-state index is 0. The van der Waals surface area contributed by atoms with Crippen LogP contribution in [0.3, 0.4) is 0 Å². The van der Waals surface area contributed by atoms with Crippen molar-refractivity contribution in [3.8, 4) is 5.75 Å². The Morgan fingerprint density at radius 2 is 1.80 bits per heavy atom. The van der Waals surface area contributed by atoms with E-state index in [1.165, 1.54) is 6.07 Å². The Kier molecular flexibility index (Phi) is 7.80. The van der Waals surface area contributed by atoms with Crippen molar-refractivity contribution < 1.29 is 16.1 Å². The van der Waals surface area contributed by atoms with Crippen LogP contribution in [0.4, 0.5) is 0 Å². The number of hydrogen-bond donors (Lipinski definition) is 1. The molecule has 0 saturated carbocycles. The third kappa shape index (κ3) is 3.25. The largest absolute Gasteiger partial charge is 0.506 e. The van der Waals surface area contributed by atoms with Gasteiger partial charge in [0.2, 0.25) is 0 Å². The van der Waals surface area contributed by atoms with Crippen LogP contribution in [0, 0.1) is 0 Å². The summed E-state index contributed by atoms with van der Waals surface area (Å²) in [7, 11) is 0. The molecule has 3 radical (unpaired) electrons. The van der Waals surface area contributed by atoms with Crippen LogP contribution in [-0.4, -0.2) is 47.2 Å². The molecular formula is C9H10BiClNO3. The van der Waals surface area contributed by atoms with E-state index in [0.29, 0.717) is 10.5 Å². The summed E-state index contributed by atoms with van der Waals surface area (Å²) in [5.74, 6) is 0.162. The number of halogens is 1. The number of aromatic hydroxyl groups is 1. The second-order valence-electron chi connectivity index (χ2n) is 2.47. The first-order valence-electron chi connectivity index (χ1n) is 3.51. The molecule has 0 amide bonds. The van der Waals surface area contributed by atoms with Gasteiger partial charge in [-0.3, -0.25) is 4.98 Å². The second-order valence-corrected chi connectivity index (χ2v) is 2.87. The molecule has 0 fully saturated rings. The fraction of sp³-hybridized carbons (Fsp3) is 0. The molecule has 0 aliphatic carbocycles. The van der Waals surface area contributed by atoms with Gasteiger partial charge in [0.1, 0.15) is 11.3 Å². The molecule has 2 aromatic rings. The molecule has 81 valence electrons. The van der Waals surface area contributed by atoms with Crippen LogP contribution in [0.1, 0.15) is 0 Å². The number of benzene rings is 1. The van der Waals surface area contributed by atoms with Crippen LogP contribution in [0.15, 0.2) is 30.5 Å². The number of pyridine rings is 1. The summed E-state index contributed by atoms with van der Waals surface area (Å²) in [5, 5.41) is 10.8. The summed E-state index contributed by atoms with van der Waals surface area (Å²) in [6.45, 7) is 0. The van der Waals surface area contributed by atoms with Gasteiger partial charge in [0, 0.05) is 37.8 Å². The summed E-state index contributed by atoms with van der Waals surface area (Å²) < 4.78 is 0. The van der Waals surface area contributed by atoms with E-state index in [9.17, 15) is 5.11 Å². The maximum Gasteiger partial charge on any atom is 0.141 e. The number of hydrogen-bond acceptors (Lipinski definition) is 2. The van der Waals surface area contributed by atoms with Crippen LogP contribution in [0.25, 0.3) is 10.9 Å². The Balaban J connectivity index is 0. The molecule has 0 aliphatic rings. The number of fused-ring (bicyclic) bond motifs is 1. The first-order chi connectivity index (χ1) is 5.79. The minimum atomic E-state index is 0. The van der Waals surface area contributed by atoms with E-state index in [2.05, 4.69) is 4.98 Å². The zero-order chi connectivity index (χ0) is 8.55. The van der Waals surface area contributed by atoms with E-state index in [0.717, 1.165) is 5.39 Å². The van der Waals surface area contributed by atoms with E-state index in [1.807, 2.05) is 6.07 Å². The summed E-state index contributed by atoms with van der Waals surface area (Å²) in [4.78, 5) is 4.01. The number of phenolic OH excluding ortho intramolecular Hbond substituents is 1. The molecule has 0 saturated heterocycles. The van der Waals surface area contributed by atoms with Crippen molar-refractivity contribution in [3.63, 3.8) is 0 Å². The molecule has 4 nitrogen and oxygen atoms in total. The van der Waals surface area contributed by atoms with Gasteiger partial charge in [-0.05, 0) is 24.3 Å². The molecule has 0 spiro atoms. The summed E-state index contributed by atoms with van der Waals surface area (Å²) in [5.41, 5.74) is 0.546. The number of aromatic nitrogens is 1. The van der Waals surface area contributed by atoms with Crippen LogP contribution < -0.4 is 0 Å². The number of phenols is 1. The van der Waals surface area contributed by atoms with Gasteiger partial charge >= 0.3 is 0 Å². The second kappa shape index (κ2) is 6.91. The van der Waals surface area contributed by atoms with Crippen molar-refractivity contribution in [2.45, 2.75) is 0 Å². The van der Waals surface area contributed by atoms with Crippen LogP contribution in [0.5, 0.6) is 5.75 Å². The van der Waals surface area contributed by atoms with E-state index in [1.54, 1.807) is 18.3 Å². The molecule has 5 N–H and O–H groups in total. The smallest absolute Gasteiger partial charge is 0.141 e. The summed E-state index contributed by atoms with van der Waals surface area (Å²) in [6, 6.07) is 6.80. The standard InChI is InChI=1S/C9H6ClNO.Bi.2H2O/c10-7-3-4-8(12)9-6(7)2-1-5-11-9;;;/h1-5,12H;;2*1H2. The fourth-order valence-electron chi connectivity index (χ4n) is 1.12. The van der Waals surface area contributed by atoms with Gasteiger partial charge < -0.3 is 16.1 Å². The van der Waals surface area contributed by atoms with Crippen molar-refractivity contribution >= 4 is 48.7 Å². The monoisotopic (exact) mass is 424 g/mol. The molecule has 15 heavy (non-hydrogen) atoms. The number of nitrogens with zero attached hydrogens (tertiary/aromatic N) is 1. The molecule has 0 atom stereocenters. The van der Waals surface area contributed by atoms with Crippen LogP contribution in [-0.2, 0) is 0 Å². The average molecular weight is 425 g/mol.